The lowest BCUT2D eigenvalue weighted by Crippen LogP contribution is -2.44. The van der Waals surface area contributed by atoms with Gasteiger partial charge in [0.05, 0.1) is 5.92 Å². The van der Waals surface area contributed by atoms with Crippen LogP contribution >= 0.6 is 0 Å². The van der Waals surface area contributed by atoms with Crippen LogP contribution in [0.5, 0.6) is 0 Å². The van der Waals surface area contributed by atoms with E-state index in [1.807, 2.05) is 29.2 Å². The number of rotatable bonds is 5. The van der Waals surface area contributed by atoms with Crippen LogP contribution in [-0.2, 0) is 16.0 Å². The van der Waals surface area contributed by atoms with Crippen molar-refractivity contribution in [2.24, 2.45) is 11.8 Å². The number of amides is 2. The fraction of sp³-hybridized carbons (Fsp3) is 0.556. The molecule has 1 aromatic carbocycles. The standard InChI is InChI=1S/C18H24N2O3/c21-11-9-13-3-7-16(8-4-13)19-17(22)15-2-1-10-20(12-15)18(23)14-5-6-14/h3-4,7-8,14-15,21H,1-2,5-6,9-12H2,(H,19,22). The Balaban J connectivity index is 1.55. The van der Waals surface area contributed by atoms with Crippen LogP contribution in [0.15, 0.2) is 24.3 Å². The molecule has 2 aliphatic rings. The quantitative estimate of drug-likeness (QED) is 0.870. The van der Waals surface area contributed by atoms with Crippen molar-refractivity contribution in [1.82, 2.24) is 4.90 Å². The molecule has 1 aliphatic carbocycles. The molecule has 5 nitrogen and oxygen atoms in total. The number of likely N-dealkylation sites (tertiary alicyclic amines) is 1. The minimum absolute atomic E-state index is 0.00629. The van der Waals surface area contributed by atoms with Crippen LogP contribution in [-0.4, -0.2) is 41.5 Å². The Morgan fingerprint density at radius 1 is 1.13 bits per heavy atom. The van der Waals surface area contributed by atoms with Crippen molar-refractivity contribution in [1.29, 1.82) is 0 Å². The van der Waals surface area contributed by atoms with E-state index in [4.69, 9.17) is 5.11 Å². The highest BCUT2D eigenvalue weighted by atomic mass is 16.3. The minimum atomic E-state index is -0.122. The number of piperidine rings is 1. The van der Waals surface area contributed by atoms with E-state index < -0.39 is 0 Å². The monoisotopic (exact) mass is 316 g/mol. The molecule has 1 unspecified atom stereocenters. The van der Waals surface area contributed by atoms with Crippen molar-refractivity contribution in [2.75, 3.05) is 25.0 Å². The first-order valence-electron chi connectivity index (χ1n) is 8.47. The number of carbonyl (C=O) groups is 2. The van der Waals surface area contributed by atoms with Crippen LogP contribution in [0.3, 0.4) is 0 Å². The van der Waals surface area contributed by atoms with Crippen molar-refractivity contribution in [3.8, 4) is 0 Å². The van der Waals surface area contributed by atoms with Gasteiger partial charge in [-0.25, -0.2) is 0 Å². The topological polar surface area (TPSA) is 69.6 Å². The number of aliphatic hydroxyl groups excluding tert-OH is 1. The second kappa shape index (κ2) is 7.13. The Bertz CT molecular complexity index is 566. The van der Waals surface area contributed by atoms with Crippen molar-refractivity contribution in [2.45, 2.75) is 32.1 Å². The van der Waals surface area contributed by atoms with E-state index in [1.165, 1.54) is 0 Å². The maximum atomic E-state index is 12.4. The fourth-order valence-electron chi connectivity index (χ4n) is 3.11. The molecule has 1 aromatic rings. The van der Waals surface area contributed by atoms with Crippen molar-refractivity contribution >= 4 is 17.5 Å². The first-order chi connectivity index (χ1) is 11.2. The third-order valence-corrected chi connectivity index (χ3v) is 4.65. The largest absolute Gasteiger partial charge is 0.396 e. The average Bonchev–Trinajstić information content (AvgIpc) is 3.41. The smallest absolute Gasteiger partial charge is 0.229 e. The van der Waals surface area contributed by atoms with Gasteiger partial charge in [-0.3, -0.25) is 9.59 Å². The summed E-state index contributed by atoms with van der Waals surface area (Å²) in [6.07, 6.45) is 4.36. The molecule has 1 atom stereocenters. The molecular weight excluding hydrogens is 292 g/mol. The van der Waals surface area contributed by atoms with Crippen molar-refractivity contribution < 1.29 is 14.7 Å². The molecular formula is C18H24N2O3. The molecule has 2 N–H and O–H groups in total. The summed E-state index contributed by atoms with van der Waals surface area (Å²) >= 11 is 0. The van der Waals surface area contributed by atoms with Crippen LogP contribution in [0.4, 0.5) is 5.69 Å². The lowest BCUT2D eigenvalue weighted by molar-refractivity contribution is -0.135. The zero-order valence-corrected chi connectivity index (χ0v) is 13.3. The lowest BCUT2D eigenvalue weighted by Gasteiger charge is -2.32. The first kappa shape index (κ1) is 16.0. The van der Waals surface area contributed by atoms with Gasteiger partial charge in [0.2, 0.25) is 11.8 Å². The second-order valence-electron chi connectivity index (χ2n) is 6.56. The van der Waals surface area contributed by atoms with Gasteiger partial charge in [-0.1, -0.05) is 12.1 Å². The van der Waals surface area contributed by atoms with Gasteiger partial charge in [-0.2, -0.15) is 0 Å². The van der Waals surface area contributed by atoms with Crippen LogP contribution in [0.25, 0.3) is 0 Å². The molecule has 1 aliphatic heterocycles. The molecule has 0 spiro atoms. The number of hydrogen-bond donors (Lipinski definition) is 2. The van der Waals surface area contributed by atoms with E-state index in [2.05, 4.69) is 5.32 Å². The van der Waals surface area contributed by atoms with Crippen LogP contribution in [0.2, 0.25) is 0 Å². The van der Waals surface area contributed by atoms with E-state index in [-0.39, 0.29) is 30.3 Å². The number of carbonyl (C=O) groups excluding carboxylic acids is 2. The summed E-state index contributed by atoms with van der Waals surface area (Å²) in [5, 5.41) is 11.9. The van der Waals surface area contributed by atoms with Crippen LogP contribution in [0, 0.1) is 11.8 Å². The third kappa shape index (κ3) is 4.10. The van der Waals surface area contributed by atoms with Crippen molar-refractivity contribution in [3.63, 3.8) is 0 Å². The maximum absolute atomic E-state index is 12.4. The first-order valence-corrected chi connectivity index (χ1v) is 8.47. The second-order valence-corrected chi connectivity index (χ2v) is 6.56. The SMILES string of the molecule is O=C(Nc1ccc(CCO)cc1)C1CCCN(C(=O)C2CC2)C1. The van der Waals surface area contributed by atoms with Crippen molar-refractivity contribution in [3.05, 3.63) is 29.8 Å². The van der Waals surface area contributed by atoms with Gasteiger partial charge >= 0.3 is 0 Å². The number of nitrogens with one attached hydrogen (secondary N) is 1. The molecule has 124 valence electrons. The molecule has 1 saturated heterocycles. The lowest BCUT2D eigenvalue weighted by atomic mass is 9.96. The minimum Gasteiger partial charge on any atom is -0.396 e. The molecule has 5 heteroatoms. The Morgan fingerprint density at radius 3 is 2.52 bits per heavy atom. The summed E-state index contributed by atoms with van der Waals surface area (Å²) in [5.74, 6) is 0.323. The van der Waals surface area contributed by atoms with E-state index in [9.17, 15) is 9.59 Å². The highest BCUT2D eigenvalue weighted by Gasteiger charge is 2.36. The van der Waals surface area contributed by atoms with Gasteiger partial charge in [-0.05, 0) is 49.8 Å². The molecule has 0 radical (unpaired) electrons. The van der Waals surface area contributed by atoms with Gasteiger partial charge < -0.3 is 15.3 Å². The van der Waals surface area contributed by atoms with Gasteiger partial charge in [0.1, 0.15) is 0 Å². The fourth-order valence-corrected chi connectivity index (χ4v) is 3.11. The number of aliphatic hydroxyl groups is 1. The number of hydrogen-bond acceptors (Lipinski definition) is 3. The van der Waals surface area contributed by atoms with Gasteiger partial charge in [0.15, 0.2) is 0 Å². The van der Waals surface area contributed by atoms with Gasteiger partial charge in [0, 0.05) is 31.3 Å². The number of anilines is 1. The molecule has 3 rings (SSSR count). The summed E-state index contributed by atoms with van der Waals surface area (Å²) in [7, 11) is 0. The highest BCUT2D eigenvalue weighted by molar-refractivity contribution is 5.93. The predicted molar refractivity (Wildman–Crippen MR) is 87.9 cm³/mol. The Morgan fingerprint density at radius 2 is 1.87 bits per heavy atom. The summed E-state index contributed by atoms with van der Waals surface area (Å²) in [6.45, 7) is 1.46. The van der Waals surface area contributed by atoms with E-state index >= 15 is 0 Å². The summed E-state index contributed by atoms with van der Waals surface area (Å²) in [4.78, 5) is 26.5. The highest BCUT2D eigenvalue weighted by Crippen LogP contribution is 2.32. The Kier molecular flexibility index (Phi) is 4.96. The molecule has 1 saturated carbocycles. The molecule has 0 bridgehead atoms. The normalized spacial score (nSPS) is 21.1. The molecule has 23 heavy (non-hydrogen) atoms. The Labute approximate surface area is 136 Å². The zero-order chi connectivity index (χ0) is 16.2. The molecule has 0 aromatic heterocycles. The summed E-state index contributed by atoms with van der Waals surface area (Å²) in [5.41, 5.74) is 1.81. The van der Waals surface area contributed by atoms with Gasteiger partial charge in [-0.15, -0.1) is 0 Å². The van der Waals surface area contributed by atoms with Crippen LogP contribution in [0.1, 0.15) is 31.2 Å². The van der Waals surface area contributed by atoms with E-state index in [0.717, 1.165) is 43.5 Å². The van der Waals surface area contributed by atoms with Gasteiger partial charge in [0.25, 0.3) is 0 Å². The molecule has 2 amide bonds. The van der Waals surface area contributed by atoms with E-state index in [0.29, 0.717) is 13.0 Å². The number of benzene rings is 1. The van der Waals surface area contributed by atoms with Crippen LogP contribution < -0.4 is 5.32 Å². The molecule has 1 heterocycles. The third-order valence-electron chi connectivity index (χ3n) is 4.65. The summed E-state index contributed by atoms with van der Waals surface area (Å²) in [6, 6.07) is 7.54. The number of nitrogens with zero attached hydrogens (tertiary/aromatic N) is 1. The Hall–Kier alpha value is -1.88. The summed E-state index contributed by atoms with van der Waals surface area (Å²) < 4.78 is 0. The molecule has 2 fully saturated rings. The van der Waals surface area contributed by atoms with E-state index in [1.54, 1.807) is 0 Å². The average molecular weight is 316 g/mol. The maximum Gasteiger partial charge on any atom is 0.229 e. The predicted octanol–water partition coefficient (Wildman–Crippen LogP) is 1.81. The zero-order valence-electron chi connectivity index (χ0n) is 13.3.